The highest BCUT2D eigenvalue weighted by molar-refractivity contribution is 5.93. The van der Waals surface area contributed by atoms with Crippen molar-refractivity contribution in [3.05, 3.63) is 59.3 Å². The van der Waals surface area contributed by atoms with E-state index < -0.39 is 0 Å². The van der Waals surface area contributed by atoms with Gasteiger partial charge in [-0.1, -0.05) is 19.1 Å². The number of rotatable bonds is 5. The minimum Gasteiger partial charge on any atom is -0.435 e. The van der Waals surface area contributed by atoms with Crippen LogP contribution in [0, 0.1) is 12.7 Å². The Labute approximate surface area is 187 Å². The third kappa shape index (κ3) is 4.22. The predicted octanol–water partition coefficient (Wildman–Crippen LogP) is 4.57. The lowest BCUT2D eigenvalue weighted by molar-refractivity contribution is 0.0571. The van der Waals surface area contributed by atoms with E-state index in [2.05, 4.69) is 9.97 Å². The number of amides is 1. The molecule has 32 heavy (non-hydrogen) atoms. The lowest BCUT2D eigenvalue weighted by Gasteiger charge is -2.36. The summed E-state index contributed by atoms with van der Waals surface area (Å²) in [6.45, 7) is 4.33. The second-order valence-corrected chi connectivity index (χ2v) is 8.26. The third-order valence-corrected chi connectivity index (χ3v) is 5.76. The van der Waals surface area contributed by atoms with Gasteiger partial charge in [0.2, 0.25) is 11.7 Å². The first-order valence-corrected chi connectivity index (χ1v) is 11.0. The van der Waals surface area contributed by atoms with Crippen molar-refractivity contribution >= 4 is 11.9 Å². The lowest BCUT2D eigenvalue weighted by atomic mass is 9.93. The Morgan fingerprint density at radius 1 is 1.28 bits per heavy atom. The Kier molecular flexibility index (Phi) is 6.21. The second-order valence-electron chi connectivity index (χ2n) is 8.26. The van der Waals surface area contributed by atoms with Crippen LogP contribution in [-0.2, 0) is 6.42 Å². The predicted molar refractivity (Wildman–Crippen MR) is 120 cm³/mol. The minimum absolute atomic E-state index is 0.186. The van der Waals surface area contributed by atoms with Crippen LogP contribution in [0.2, 0.25) is 0 Å². The molecule has 0 radical (unpaired) electrons. The Morgan fingerprint density at radius 3 is 2.78 bits per heavy atom. The molecule has 3 aromatic rings. The Morgan fingerprint density at radius 2 is 2.09 bits per heavy atom. The van der Waals surface area contributed by atoms with Gasteiger partial charge in [-0.25, -0.2) is 19.3 Å². The largest absolute Gasteiger partial charge is 0.435 e. The summed E-state index contributed by atoms with van der Waals surface area (Å²) in [6, 6.07) is 6.12. The Hall–Kier alpha value is -3.29. The molecule has 2 aromatic heterocycles. The molecule has 0 spiro atoms. The fourth-order valence-corrected chi connectivity index (χ4v) is 4.12. The number of halogens is 1. The zero-order valence-electron chi connectivity index (χ0n) is 18.9. The Balaban J connectivity index is 1.80. The number of oxazole rings is 1. The molecule has 1 aliphatic rings. The van der Waals surface area contributed by atoms with Crippen molar-refractivity contribution in [1.82, 2.24) is 19.9 Å². The van der Waals surface area contributed by atoms with Crippen LogP contribution in [0.5, 0.6) is 0 Å². The van der Waals surface area contributed by atoms with E-state index in [1.165, 1.54) is 12.1 Å². The number of aromatic nitrogens is 3. The quantitative estimate of drug-likeness (QED) is 0.582. The van der Waals surface area contributed by atoms with Crippen LogP contribution in [-0.4, -0.2) is 46.4 Å². The second kappa shape index (κ2) is 9.06. The molecule has 1 aliphatic heterocycles. The molecule has 4 rings (SSSR count). The zero-order chi connectivity index (χ0) is 22.8. The van der Waals surface area contributed by atoms with E-state index in [9.17, 15) is 9.18 Å². The molecule has 0 bridgehead atoms. The maximum atomic E-state index is 14.0. The monoisotopic (exact) mass is 437 g/mol. The van der Waals surface area contributed by atoms with E-state index in [-0.39, 0.29) is 23.5 Å². The van der Waals surface area contributed by atoms with Gasteiger partial charge in [0, 0.05) is 38.8 Å². The van der Waals surface area contributed by atoms with Crippen LogP contribution >= 0.6 is 0 Å². The van der Waals surface area contributed by atoms with Gasteiger partial charge < -0.3 is 14.2 Å². The molecule has 0 aliphatic carbocycles. The topological polar surface area (TPSA) is 75.4 Å². The van der Waals surface area contributed by atoms with E-state index in [1.807, 2.05) is 36.9 Å². The number of nitrogens with zero attached hydrogens (tertiary/aromatic N) is 5. The highest BCUT2D eigenvalue weighted by Gasteiger charge is 2.34. The van der Waals surface area contributed by atoms with Crippen molar-refractivity contribution in [2.45, 2.75) is 45.6 Å². The van der Waals surface area contributed by atoms with Crippen molar-refractivity contribution in [3.8, 4) is 11.1 Å². The van der Waals surface area contributed by atoms with Crippen LogP contribution in [0.25, 0.3) is 11.1 Å². The summed E-state index contributed by atoms with van der Waals surface area (Å²) in [5, 5.41) is 0. The normalized spacial score (nSPS) is 16.3. The average Bonchev–Trinajstić information content (AvgIpc) is 3.19. The van der Waals surface area contributed by atoms with Crippen molar-refractivity contribution < 1.29 is 13.6 Å². The third-order valence-electron chi connectivity index (χ3n) is 5.76. The molecule has 1 amide bonds. The SMILES string of the molecule is CCc1nc(C)c(C(=O)N2CCCCC2c2nc(N(C)C)ncc2-c2cccc(F)c2)o1. The van der Waals surface area contributed by atoms with E-state index in [1.54, 1.807) is 19.2 Å². The van der Waals surface area contributed by atoms with Gasteiger partial charge in [-0.3, -0.25) is 4.79 Å². The molecule has 1 saturated heterocycles. The van der Waals surface area contributed by atoms with Gasteiger partial charge in [0.05, 0.1) is 17.4 Å². The highest BCUT2D eigenvalue weighted by Crippen LogP contribution is 2.37. The van der Waals surface area contributed by atoms with E-state index in [0.29, 0.717) is 36.1 Å². The van der Waals surface area contributed by atoms with Crippen LogP contribution < -0.4 is 4.90 Å². The number of anilines is 1. The first kappa shape index (κ1) is 21.9. The van der Waals surface area contributed by atoms with Crippen molar-refractivity contribution in [1.29, 1.82) is 0 Å². The number of likely N-dealkylation sites (tertiary alicyclic amines) is 1. The number of carbonyl (C=O) groups is 1. The summed E-state index contributed by atoms with van der Waals surface area (Å²) in [6.07, 6.45) is 4.97. The van der Waals surface area contributed by atoms with Gasteiger partial charge in [0.15, 0.2) is 5.89 Å². The van der Waals surface area contributed by atoms with Crippen LogP contribution in [0.4, 0.5) is 10.3 Å². The molecule has 1 aromatic carbocycles. The zero-order valence-corrected chi connectivity index (χ0v) is 18.9. The van der Waals surface area contributed by atoms with Gasteiger partial charge in [0.1, 0.15) is 5.82 Å². The van der Waals surface area contributed by atoms with E-state index in [4.69, 9.17) is 9.40 Å². The molecule has 0 saturated carbocycles. The molecular formula is C24H28FN5O2. The van der Waals surface area contributed by atoms with Gasteiger partial charge in [-0.2, -0.15) is 0 Å². The fourth-order valence-electron chi connectivity index (χ4n) is 4.12. The highest BCUT2D eigenvalue weighted by atomic mass is 19.1. The van der Waals surface area contributed by atoms with E-state index in [0.717, 1.165) is 30.5 Å². The maximum absolute atomic E-state index is 14.0. The summed E-state index contributed by atoms with van der Waals surface area (Å²) in [5.41, 5.74) is 2.73. The summed E-state index contributed by atoms with van der Waals surface area (Å²) < 4.78 is 19.8. The maximum Gasteiger partial charge on any atom is 0.292 e. The molecule has 1 fully saturated rings. The van der Waals surface area contributed by atoms with Crippen LogP contribution in [0.1, 0.15) is 60.1 Å². The molecule has 1 atom stereocenters. The van der Waals surface area contributed by atoms with Crippen LogP contribution in [0.3, 0.4) is 0 Å². The molecule has 168 valence electrons. The summed E-state index contributed by atoms with van der Waals surface area (Å²) in [7, 11) is 3.74. The molecule has 7 nitrogen and oxygen atoms in total. The number of hydrogen-bond acceptors (Lipinski definition) is 6. The van der Waals surface area contributed by atoms with Crippen molar-refractivity contribution in [3.63, 3.8) is 0 Å². The van der Waals surface area contributed by atoms with Crippen molar-refractivity contribution in [2.75, 3.05) is 25.5 Å². The lowest BCUT2D eigenvalue weighted by Crippen LogP contribution is -2.39. The van der Waals surface area contributed by atoms with Gasteiger partial charge in [-0.15, -0.1) is 0 Å². The van der Waals surface area contributed by atoms with Crippen molar-refractivity contribution in [2.24, 2.45) is 0 Å². The standard InChI is InChI=1S/C24H28FN5O2/c1-5-20-27-15(2)22(32-20)23(31)30-12-7-6-11-19(30)21-18(14-26-24(28-21)29(3)4)16-9-8-10-17(25)13-16/h8-10,13-14,19H,5-7,11-12H2,1-4H3. The molecule has 8 heteroatoms. The molecule has 0 N–H and O–H groups in total. The number of aryl methyl sites for hydroxylation is 2. The number of carbonyl (C=O) groups excluding carboxylic acids is 1. The van der Waals surface area contributed by atoms with Crippen LogP contribution in [0.15, 0.2) is 34.9 Å². The smallest absolute Gasteiger partial charge is 0.292 e. The Bertz CT molecular complexity index is 1130. The number of piperidine rings is 1. The molecule has 3 heterocycles. The first-order chi connectivity index (χ1) is 15.4. The summed E-state index contributed by atoms with van der Waals surface area (Å²) in [5.74, 6) is 0.864. The van der Waals surface area contributed by atoms with Gasteiger partial charge >= 0.3 is 0 Å². The van der Waals surface area contributed by atoms with E-state index >= 15 is 0 Å². The molecule has 1 unspecified atom stereocenters. The average molecular weight is 438 g/mol. The summed E-state index contributed by atoms with van der Waals surface area (Å²) >= 11 is 0. The molecular weight excluding hydrogens is 409 g/mol. The number of hydrogen-bond donors (Lipinski definition) is 0. The summed E-state index contributed by atoms with van der Waals surface area (Å²) in [4.78, 5) is 30.8. The van der Waals surface area contributed by atoms with Gasteiger partial charge in [-0.05, 0) is 43.9 Å². The first-order valence-electron chi connectivity index (χ1n) is 11.0. The number of benzene rings is 1. The fraction of sp³-hybridized carbons (Fsp3) is 0.417. The van der Waals surface area contributed by atoms with Gasteiger partial charge in [0.25, 0.3) is 5.91 Å². The minimum atomic E-state index is -0.328.